The second-order valence-corrected chi connectivity index (χ2v) is 4.16. The van der Waals surface area contributed by atoms with E-state index in [0.717, 1.165) is 12.2 Å². The van der Waals surface area contributed by atoms with E-state index in [4.69, 9.17) is 0 Å². The summed E-state index contributed by atoms with van der Waals surface area (Å²) in [4.78, 5) is 8.29. The molecular weight excluding hydrogens is 210 g/mol. The maximum atomic E-state index is 4.24. The van der Waals surface area contributed by atoms with Gasteiger partial charge in [-0.15, -0.1) is 0 Å². The van der Waals surface area contributed by atoms with E-state index in [-0.39, 0.29) is 0 Å². The van der Waals surface area contributed by atoms with E-state index in [1.54, 1.807) is 18.6 Å². The standard InChI is InChI=1S/C14H17N3/c1-11-5-3-4-6-14(11)12(2)17-10-13-9-15-7-8-16-13/h3-9,12,17H,10H2,1-2H3/t12-/m1/s1. The number of aromatic nitrogens is 2. The van der Waals surface area contributed by atoms with Crippen molar-refractivity contribution in [3.8, 4) is 0 Å². The van der Waals surface area contributed by atoms with Gasteiger partial charge in [0, 0.05) is 31.2 Å². The third-order valence-corrected chi connectivity index (χ3v) is 2.86. The van der Waals surface area contributed by atoms with E-state index in [1.807, 2.05) is 0 Å². The van der Waals surface area contributed by atoms with Crippen molar-refractivity contribution in [3.63, 3.8) is 0 Å². The molecule has 1 atom stereocenters. The molecule has 1 heterocycles. The minimum absolute atomic E-state index is 0.318. The third-order valence-electron chi connectivity index (χ3n) is 2.86. The highest BCUT2D eigenvalue weighted by Gasteiger charge is 2.07. The molecule has 0 bridgehead atoms. The van der Waals surface area contributed by atoms with Crippen LogP contribution in [0.1, 0.15) is 29.8 Å². The summed E-state index contributed by atoms with van der Waals surface area (Å²) < 4.78 is 0. The van der Waals surface area contributed by atoms with Gasteiger partial charge in [0.1, 0.15) is 0 Å². The van der Waals surface area contributed by atoms with Gasteiger partial charge in [-0.25, -0.2) is 0 Å². The van der Waals surface area contributed by atoms with Gasteiger partial charge in [0.2, 0.25) is 0 Å². The van der Waals surface area contributed by atoms with Crippen LogP contribution in [0, 0.1) is 6.92 Å². The van der Waals surface area contributed by atoms with Crippen molar-refractivity contribution in [2.24, 2.45) is 0 Å². The van der Waals surface area contributed by atoms with Gasteiger partial charge in [-0.3, -0.25) is 9.97 Å². The van der Waals surface area contributed by atoms with E-state index in [2.05, 4.69) is 53.4 Å². The molecule has 88 valence electrons. The molecular formula is C14H17N3. The molecule has 0 saturated heterocycles. The van der Waals surface area contributed by atoms with Crippen molar-refractivity contribution >= 4 is 0 Å². The first-order chi connectivity index (χ1) is 8.27. The number of nitrogens with zero attached hydrogens (tertiary/aromatic N) is 2. The number of hydrogen-bond acceptors (Lipinski definition) is 3. The SMILES string of the molecule is Cc1ccccc1[C@@H](C)NCc1cnccn1. The maximum Gasteiger partial charge on any atom is 0.0724 e. The zero-order valence-corrected chi connectivity index (χ0v) is 10.2. The summed E-state index contributed by atoms with van der Waals surface area (Å²) in [6.07, 6.45) is 5.20. The molecule has 3 nitrogen and oxygen atoms in total. The largest absolute Gasteiger partial charge is 0.304 e. The number of benzene rings is 1. The Labute approximate surface area is 102 Å². The van der Waals surface area contributed by atoms with Crippen LogP contribution in [0.2, 0.25) is 0 Å². The molecule has 1 aromatic heterocycles. The summed E-state index contributed by atoms with van der Waals surface area (Å²) in [5.74, 6) is 0. The lowest BCUT2D eigenvalue weighted by Gasteiger charge is -2.16. The fourth-order valence-corrected chi connectivity index (χ4v) is 1.86. The highest BCUT2D eigenvalue weighted by molar-refractivity contribution is 5.28. The Balaban J connectivity index is 1.99. The first-order valence-electron chi connectivity index (χ1n) is 5.81. The number of rotatable bonds is 4. The molecule has 17 heavy (non-hydrogen) atoms. The monoisotopic (exact) mass is 227 g/mol. The summed E-state index contributed by atoms with van der Waals surface area (Å²) in [6, 6.07) is 8.74. The van der Waals surface area contributed by atoms with Crippen LogP contribution in [-0.2, 0) is 6.54 Å². The third kappa shape index (κ3) is 3.11. The summed E-state index contributed by atoms with van der Waals surface area (Å²) in [7, 11) is 0. The summed E-state index contributed by atoms with van der Waals surface area (Å²) >= 11 is 0. The predicted molar refractivity (Wildman–Crippen MR) is 68.5 cm³/mol. The minimum Gasteiger partial charge on any atom is -0.304 e. The van der Waals surface area contributed by atoms with Crippen molar-refractivity contribution in [2.45, 2.75) is 26.4 Å². The summed E-state index contributed by atoms with van der Waals surface area (Å²) in [5.41, 5.74) is 3.61. The molecule has 0 fully saturated rings. The molecule has 0 unspecified atom stereocenters. The van der Waals surface area contributed by atoms with Crippen LogP contribution in [0.3, 0.4) is 0 Å². The zero-order chi connectivity index (χ0) is 12.1. The highest BCUT2D eigenvalue weighted by Crippen LogP contribution is 2.16. The minimum atomic E-state index is 0.318. The number of aryl methyl sites for hydroxylation is 1. The Bertz CT molecular complexity index is 468. The Morgan fingerprint density at radius 3 is 2.76 bits per heavy atom. The Morgan fingerprint density at radius 1 is 1.24 bits per heavy atom. The van der Waals surface area contributed by atoms with E-state index in [9.17, 15) is 0 Å². The topological polar surface area (TPSA) is 37.8 Å². The first-order valence-corrected chi connectivity index (χ1v) is 5.81. The van der Waals surface area contributed by atoms with Crippen LogP contribution >= 0.6 is 0 Å². The van der Waals surface area contributed by atoms with Gasteiger partial charge in [0.25, 0.3) is 0 Å². The molecule has 1 aromatic carbocycles. The van der Waals surface area contributed by atoms with Crippen LogP contribution in [0.25, 0.3) is 0 Å². The van der Waals surface area contributed by atoms with Gasteiger partial charge >= 0.3 is 0 Å². The maximum absolute atomic E-state index is 4.24. The lowest BCUT2D eigenvalue weighted by molar-refractivity contribution is 0.564. The van der Waals surface area contributed by atoms with Crippen LogP contribution in [0.4, 0.5) is 0 Å². The van der Waals surface area contributed by atoms with Gasteiger partial charge < -0.3 is 5.32 Å². The van der Waals surface area contributed by atoms with Gasteiger partial charge in [-0.05, 0) is 25.0 Å². The average molecular weight is 227 g/mol. The van der Waals surface area contributed by atoms with E-state index in [0.29, 0.717) is 6.04 Å². The van der Waals surface area contributed by atoms with Crippen molar-refractivity contribution in [2.75, 3.05) is 0 Å². The fourth-order valence-electron chi connectivity index (χ4n) is 1.86. The van der Waals surface area contributed by atoms with Crippen molar-refractivity contribution in [1.82, 2.24) is 15.3 Å². The van der Waals surface area contributed by atoms with Gasteiger partial charge in [0.15, 0.2) is 0 Å². The molecule has 0 spiro atoms. The van der Waals surface area contributed by atoms with Crippen LogP contribution in [-0.4, -0.2) is 9.97 Å². The lowest BCUT2D eigenvalue weighted by atomic mass is 10.0. The summed E-state index contributed by atoms with van der Waals surface area (Å²) in [5, 5.41) is 3.45. The van der Waals surface area contributed by atoms with Crippen LogP contribution in [0.5, 0.6) is 0 Å². The van der Waals surface area contributed by atoms with Crippen molar-refractivity contribution in [1.29, 1.82) is 0 Å². The molecule has 0 aliphatic carbocycles. The molecule has 0 radical (unpaired) electrons. The second-order valence-electron chi connectivity index (χ2n) is 4.16. The van der Waals surface area contributed by atoms with E-state index < -0.39 is 0 Å². The quantitative estimate of drug-likeness (QED) is 0.872. The molecule has 0 aliphatic rings. The molecule has 1 N–H and O–H groups in total. The smallest absolute Gasteiger partial charge is 0.0724 e. The zero-order valence-electron chi connectivity index (χ0n) is 10.2. The molecule has 3 heteroatoms. The Hall–Kier alpha value is -1.74. The van der Waals surface area contributed by atoms with Crippen LogP contribution < -0.4 is 5.32 Å². The van der Waals surface area contributed by atoms with Crippen molar-refractivity contribution < 1.29 is 0 Å². The van der Waals surface area contributed by atoms with Gasteiger partial charge in [0.05, 0.1) is 5.69 Å². The lowest BCUT2D eigenvalue weighted by Crippen LogP contribution is -2.19. The highest BCUT2D eigenvalue weighted by atomic mass is 14.9. The van der Waals surface area contributed by atoms with Gasteiger partial charge in [-0.2, -0.15) is 0 Å². The number of hydrogen-bond donors (Lipinski definition) is 1. The Kier molecular flexibility index (Phi) is 3.83. The second kappa shape index (κ2) is 5.55. The van der Waals surface area contributed by atoms with E-state index in [1.165, 1.54) is 11.1 Å². The normalized spacial score (nSPS) is 12.4. The fraction of sp³-hybridized carbons (Fsp3) is 0.286. The molecule has 0 aliphatic heterocycles. The first kappa shape index (κ1) is 11.7. The Morgan fingerprint density at radius 2 is 2.06 bits per heavy atom. The molecule has 2 aromatic rings. The van der Waals surface area contributed by atoms with Crippen LogP contribution in [0.15, 0.2) is 42.9 Å². The van der Waals surface area contributed by atoms with Crippen molar-refractivity contribution in [3.05, 3.63) is 59.7 Å². The van der Waals surface area contributed by atoms with Gasteiger partial charge in [-0.1, -0.05) is 24.3 Å². The molecule has 2 rings (SSSR count). The molecule has 0 amide bonds. The predicted octanol–water partition coefficient (Wildman–Crippen LogP) is 2.64. The summed E-state index contributed by atoms with van der Waals surface area (Å²) in [6.45, 7) is 5.04. The average Bonchev–Trinajstić information content (AvgIpc) is 2.38. The van der Waals surface area contributed by atoms with E-state index >= 15 is 0 Å². The molecule has 0 saturated carbocycles. The number of nitrogens with one attached hydrogen (secondary N) is 1.